The van der Waals surface area contributed by atoms with Crippen LogP contribution in [0.1, 0.15) is 18.5 Å². The summed E-state index contributed by atoms with van der Waals surface area (Å²) in [6, 6.07) is 7.66. The fourth-order valence-corrected chi connectivity index (χ4v) is 2.09. The van der Waals surface area contributed by atoms with Crippen LogP contribution in [0.15, 0.2) is 24.3 Å². The first kappa shape index (κ1) is 10.6. The minimum Gasteiger partial charge on any atom is -0.313 e. The van der Waals surface area contributed by atoms with Gasteiger partial charge in [-0.1, -0.05) is 12.1 Å². The molecular formula is C12H17FN2. The van der Waals surface area contributed by atoms with E-state index < -0.39 is 0 Å². The summed E-state index contributed by atoms with van der Waals surface area (Å²) >= 11 is 0. The summed E-state index contributed by atoms with van der Waals surface area (Å²) in [5.41, 5.74) is 1.05. The Morgan fingerprint density at radius 3 is 2.93 bits per heavy atom. The molecule has 15 heavy (non-hydrogen) atoms. The SMILES string of the molecule is CC1CNCC(c2cccc(F)c2)N1C. The van der Waals surface area contributed by atoms with E-state index in [-0.39, 0.29) is 11.9 Å². The van der Waals surface area contributed by atoms with Crippen molar-refractivity contribution in [1.82, 2.24) is 10.2 Å². The van der Waals surface area contributed by atoms with Gasteiger partial charge in [-0.15, -0.1) is 0 Å². The lowest BCUT2D eigenvalue weighted by Crippen LogP contribution is -2.49. The molecule has 2 atom stereocenters. The second kappa shape index (κ2) is 4.29. The molecule has 3 heteroatoms. The second-order valence-electron chi connectivity index (χ2n) is 4.24. The number of nitrogens with zero attached hydrogens (tertiary/aromatic N) is 1. The van der Waals surface area contributed by atoms with Gasteiger partial charge >= 0.3 is 0 Å². The summed E-state index contributed by atoms with van der Waals surface area (Å²) < 4.78 is 13.1. The smallest absolute Gasteiger partial charge is 0.123 e. The summed E-state index contributed by atoms with van der Waals surface area (Å²) in [5.74, 6) is -0.154. The van der Waals surface area contributed by atoms with Crippen molar-refractivity contribution >= 4 is 0 Å². The van der Waals surface area contributed by atoms with Gasteiger partial charge in [0.05, 0.1) is 0 Å². The summed E-state index contributed by atoms with van der Waals surface area (Å²) in [5, 5.41) is 3.37. The molecule has 0 aromatic heterocycles. The first-order valence-electron chi connectivity index (χ1n) is 5.36. The molecule has 1 heterocycles. The molecule has 0 spiro atoms. The fourth-order valence-electron chi connectivity index (χ4n) is 2.09. The van der Waals surface area contributed by atoms with Crippen molar-refractivity contribution < 1.29 is 4.39 Å². The molecule has 2 unspecified atom stereocenters. The van der Waals surface area contributed by atoms with Crippen LogP contribution in [0.5, 0.6) is 0 Å². The van der Waals surface area contributed by atoms with E-state index in [4.69, 9.17) is 0 Å². The average Bonchev–Trinajstić information content (AvgIpc) is 2.22. The summed E-state index contributed by atoms with van der Waals surface area (Å²) in [7, 11) is 2.10. The van der Waals surface area contributed by atoms with Crippen LogP contribution in [0.25, 0.3) is 0 Å². The Hall–Kier alpha value is -0.930. The molecular weight excluding hydrogens is 191 g/mol. The first-order valence-corrected chi connectivity index (χ1v) is 5.36. The van der Waals surface area contributed by atoms with E-state index in [1.165, 1.54) is 6.07 Å². The lowest BCUT2D eigenvalue weighted by Gasteiger charge is -2.38. The third-order valence-electron chi connectivity index (χ3n) is 3.20. The van der Waals surface area contributed by atoms with E-state index in [0.29, 0.717) is 6.04 Å². The maximum Gasteiger partial charge on any atom is 0.123 e. The largest absolute Gasteiger partial charge is 0.313 e. The van der Waals surface area contributed by atoms with Gasteiger partial charge in [0.15, 0.2) is 0 Å². The van der Waals surface area contributed by atoms with Crippen molar-refractivity contribution in [2.45, 2.75) is 19.0 Å². The molecule has 0 bridgehead atoms. The summed E-state index contributed by atoms with van der Waals surface area (Å²) in [4.78, 5) is 2.30. The maximum atomic E-state index is 13.1. The molecule has 0 radical (unpaired) electrons. The Kier molecular flexibility index (Phi) is 3.03. The van der Waals surface area contributed by atoms with Gasteiger partial charge < -0.3 is 5.32 Å². The predicted octanol–water partition coefficient (Wildman–Crippen LogP) is 1.79. The minimum atomic E-state index is -0.154. The van der Waals surface area contributed by atoms with Crippen molar-refractivity contribution in [3.63, 3.8) is 0 Å². The third-order valence-corrected chi connectivity index (χ3v) is 3.20. The highest BCUT2D eigenvalue weighted by Gasteiger charge is 2.25. The van der Waals surface area contributed by atoms with Gasteiger partial charge in [-0.3, -0.25) is 4.90 Å². The van der Waals surface area contributed by atoms with Crippen LogP contribution >= 0.6 is 0 Å². The number of piperazine rings is 1. The van der Waals surface area contributed by atoms with Crippen LogP contribution in [-0.2, 0) is 0 Å². The molecule has 0 aliphatic carbocycles. The topological polar surface area (TPSA) is 15.3 Å². The van der Waals surface area contributed by atoms with Gasteiger partial charge in [-0.2, -0.15) is 0 Å². The number of nitrogens with one attached hydrogen (secondary N) is 1. The molecule has 0 amide bonds. The van der Waals surface area contributed by atoms with E-state index in [2.05, 4.69) is 24.2 Å². The number of likely N-dealkylation sites (N-methyl/N-ethyl adjacent to an activating group) is 1. The number of hydrogen-bond donors (Lipinski definition) is 1. The van der Waals surface area contributed by atoms with Crippen molar-refractivity contribution in [3.05, 3.63) is 35.6 Å². The number of benzene rings is 1. The second-order valence-corrected chi connectivity index (χ2v) is 4.24. The average molecular weight is 208 g/mol. The summed E-state index contributed by atoms with van der Waals surface area (Å²) in [6.45, 7) is 4.07. The van der Waals surface area contributed by atoms with E-state index >= 15 is 0 Å². The highest BCUT2D eigenvalue weighted by atomic mass is 19.1. The lowest BCUT2D eigenvalue weighted by molar-refractivity contribution is 0.141. The number of rotatable bonds is 1. The van der Waals surface area contributed by atoms with Crippen molar-refractivity contribution in [3.8, 4) is 0 Å². The van der Waals surface area contributed by atoms with E-state index in [1.807, 2.05) is 6.07 Å². The van der Waals surface area contributed by atoms with Gasteiger partial charge in [-0.05, 0) is 31.7 Å². The van der Waals surface area contributed by atoms with Crippen LogP contribution in [0.3, 0.4) is 0 Å². The molecule has 1 fully saturated rings. The van der Waals surface area contributed by atoms with Crippen LogP contribution < -0.4 is 5.32 Å². The molecule has 1 aliphatic heterocycles. The zero-order valence-corrected chi connectivity index (χ0v) is 9.20. The highest BCUT2D eigenvalue weighted by molar-refractivity contribution is 5.21. The monoisotopic (exact) mass is 208 g/mol. The van der Waals surface area contributed by atoms with Crippen LogP contribution in [0.2, 0.25) is 0 Å². The standard InChI is InChI=1S/C12H17FN2/c1-9-7-14-8-12(15(9)2)10-4-3-5-11(13)6-10/h3-6,9,12,14H,7-8H2,1-2H3. The Balaban J connectivity index is 2.22. The normalized spacial score (nSPS) is 27.9. The molecule has 2 nitrogen and oxygen atoms in total. The highest BCUT2D eigenvalue weighted by Crippen LogP contribution is 2.23. The molecule has 2 rings (SSSR count). The van der Waals surface area contributed by atoms with Gasteiger partial charge in [0, 0.05) is 25.2 Å². The maximum absolute atomic E-state index is 13.1. The first-order chi connectivity index (χ1) is 7.18. The van der Waals surface area contributed by atoms with Gasteiger partial charge in [0.2, 0.25) is 0 Å². The Bertz CT molecular complexity index is 340. The van der Waals surface area contributed by atoms with E-state index in [9.17, 15) is 4.39 Å². The molecule has 82 valence electrons. The van der Waals surface area contributed by atoms with Crippen molar-refractivity contribution in [1.29, 1.82) is 0 Å². The van der Waals surface area contributed by atoms with Crippen molar-refractivity contribution in [2.24, 2.45) is 0 Å². The van der Waals surface area contributed by atoms with Crippen molar-refractivity contribution in [2.75, 3.05) is 20.1 Å². The molecule has 1 aliphatic rings. The Morgan fingerprint density at radius 1 is 1.40 bits per heavy atom. The molecule has 1 saturated heterocycles. The van der Waals surface area contributed by atoms with Gasteiger partial charge in [-0.25, -0.2) is 4.39 Å². The number of halogens is 1. The molecule has 0 saturated carbocycles. The number of hydrogen-bond acceptors (Lipinski definition) is 2. The third kappa shape index (κ3) is 2.19. The van der Waals surface area contributed by atoms with E-state index in [0.717, 1.165) is 18.7 Å². The Labute approximate surface area is 90.1 Å². The van der Waals surface area contributed by atoms with Crippen LogP contribution in [-0.4, -0.2) is 31.1 Å². The lowest BCUT2D eigenvalue weighted by atomic mass is 10.0. The molecule has 1 aromatic carbocycles. The molecule has 1 aromatic rings. The quantitative estimate of drug-likeness (QED) is 0.757. The zero-order chi connectivity index (χ0) is 10.8. The van der Waals surface area contributed by atoms with Crippen LogP contribution in [0.4, 0.5) is 4.39 Å². The summed E-state index contributed by atoms with van der Waals surface area (Å²) in [6.07, 6.45) is 0. The minimum absolute atomic E-state index is 0.154. The predicted molar refractivity (Wildman–Crippen MR) is 59.2 cm³/mol. The Morgan fingerprint density at radius 2 is 2.20 bits per heavy atom. The molecule has 1 N–H and O–H groups in total. The van der Waals surface area contributed by atoms with Crippen LogP contribution in [0, 0.1) is 5.82 Å². The van der Waals surface area contributed by atoms with Gasteiger partial charge in [0.25, 0.3) is 0 Å². The fraction of sp³-hybridized carbons (Fsp3) is 0.500. The zero-order valence-electron chi connectivity index (χ0n) is 9.20. The van der Waals surface area contributed by atoms with E-state index in [1.54, 1.807) is 12.1 Å². The van der Waals surface area contributed by atoms with Gasteiger partial charge in [0.1, 0.15) is 5.82 Å².